The predicted octanol–water partition coefficient (Wildman–Crippen LogP) is -0.539. The zero-order valence-electron chi connectivity index (χ0n) is 11.8. The first kappa shape index (κ1) is 14.9. The van der Waals surface area contributed by atoms with Gasteiger partial charge in [-0.15, -0.1) is 0 Å². The van der Waals surface area contributed by atoms with E-state index in [0.717, 1.165) is 12.8 Å². The number of carbonyl (C=O) groups excluding carboxylic acids is 1. The molecule has 1 aliphatic rings. The average molecular weight is 276 g/mol. The molecule has 0 N–H and O–H groups in total. The van der Waals surface area contributed by atoms with Gasteiger partial charge in [-0.1, -0.05) is 20.8 Å². The maximum atomic E-state index is 12.2. The van der Waals surface area contributed by atoms with Gasteiger partial charge in [-0.25, -0.2) is 4.79 Å². The van der Waals surface area contributed by atoms with Crippen molar-refractivity contribution in [1.29, 1.82) is 0 Å². The fourth-order valence-electron chi connectivity index (χ4n) is 3.33. The van der Waals surface area contributed by atoms with Gasteiger partial charge < -0.3 is 13.6 Å². The molecule has 0 amide bonds. The molecule has 0 aromatic heterocycles. The summed E-state index contributed by atoms with van der Waals surface area (Å²) in [7, 11) is 2.51. The van der Waals surface area contributed by atoms with Crippen molar-refractivity contribution >= 4 is 26.9 Å². The van der Waals surface area contributed by atoms with Crippen LogP contribution in [0.5, 0.6) is 0 Å². The van der Waals surface area contributed by atoms with Crippen LogP contribution < -0.4 is 0 Å². The lowest BCUT2D eigenvalue weighted by atomic mass is 9.68. The smallest absolute Gasteiger partial charge is 0.340 e. The summed E-state index contributed by atoms with van der Waals surface area (Å²) in [6, 6.07) is 0. The molecule has 0 heterocycles. The highest BCUT2D eigenvalue weighted by Crippen LogP contribution is 2.53. The second-order valence-electron chi connectivity index (χ2n) is 5.66. The Bertz CT molecular complexity index is 302. The van der Waals surface area contributed by atoms with Crippen molar-refractivity contribution in [3.8, 4) is 0 Å². The molecule has 1 saturated carbocycles. The first-order chi connectivity index (χ1) is 7.81. The maximum absolute atomic E-state index is 12.2. The van der Waals surface area contributed by atoms with Crippen LogP contribution >= 0.6 is 0 Å². The van der Waals surface area contributed by atoms with E-state index in [-0.39, 0.29) is 11.4 Å². The number of ether oxygens (including phenoxy) is 1. The third-order valence-electron chi connectivity index (χ3n) is 4.13. The molecule has 0 aliphatic heterocycles. The second kappa shape index (κ2) is 4.83. The lowest BCUT2D eigenvalue weighted by molar-refractivity contribution is -0.193. The van der Waals surface area contributed by atoms with E-state index in [1.165, 1.54) is 7.11 Å². The Morgan fingerprint density at radius 1 is 1.18 bits per heavy atom. The minimum absolute atomic E-state index is 0.149. The fourth-order valence-corrected chi connectivity index (χ4v) is 5.17. The van der Waals surface area contributed by atoms with Crippen molar-refractivity contribution in [3.05, 3.63) is 0 Å². The van der Waals surface area contributed by atoms with Gasteiger partial charge in [0.05, 0.1) is 12.7 Å². The molecule has 1 fully saturated rings. The van der Waals surface area contributed by atoms with Gasteiger partial charge in [0.15, 0.2) is 5.60 Å². The van der Waals surface area contributed by atoms with Crippen LogP contribution in [0.25, 0.3) is 0 Å². The first-order valence-corrected chi connectivity index (χ1v) is 7.63. The Hall–Kier alpha value is -0.176. The van der Waals surface area contributed by atoms with Crippen LogP contribution in [-0.4, -0.2) is 45.3 Å². The average Bonchev–Trinajstić information content (AvgIpc) is 2.67. The van der Waals surface area contributed by atoms with Crippen LogP contribution in [0.3, 0.4) is 0 Å². The normalized spacial score (nSPS) is 34.1. The SMILES string of the molecule is COC(=O)C1(O[SiH3])CCCC1(O[SiH3])C(C)(C)C. The van der Waals surface area contributed by atoms with E-state index in [2.05, 4.69) is 20.8 Å². The van der Waals surface area contributed by atoms with Gasteiger partial charge in [0.2, 0.25) is 0 Å². The highest BCUT2D eigenvalue weighted by atomic mass is 28.2. The van der Waals surface area contributed by atoms with Gasteiger partial charge in [-0.2, -0.15) is 0 Å². The van der Waals surface area contributed by atoms with Gasteiger partial charge in [-0.05, 0) is 24.7 Å². The van der Waals surface area contributed by atoms with E-state index in [1.807, 2.05) is 0 Å². The molecule has 1 aliphatic carbocycles. The van der Waals surface area contributed by atoms with E-state index >= 15 is 0 Å². The van der Waals surface area contributed by atoms with Crippen molar-refractivity contribution < 1.29 is 18.4 Å². The van der Waals surface area contributed by atoms with Crippen molar-refractivity contribution in [2.24, 2.45) is 5.41 Å². The molecule has 2 unspecified atom stereocenters. The summed E-state index contributed by atoms with van der Waals surface area (Å²) in [4.78, 5) is 12.2. The zero-order valence-corrected chi connectivity index (χ0v) is 15.8. The highest BCUT2D eigenvalue weighted by molar-refractivity contribution is 6.02. The van der Waals surface area contributed by atoms with Gasteiger partial charge in [-0.3, -0.25) is 0 Å². The summed E-state index contributed by atoms with van der Waals surface area (Å²) in [5.41, 5.74) is -1.58. The third-order valence-corrected chi connectivity index (χ3v) is 5.53. The Kier molecular flexibility index (Phi) is 4.23. The van der Waals surface area contributed by atoms with Gasteiger partial charge >= 0.3 is 5.97 Å². The van der Waals surface area contributed by atoms with Crippen LogP contribution in [0.4, 0.5) is 0 Å². The summed E-state index contributed by atoms with van der Waals surface area (Å²) in [6.07, 6.45) is 2.50. The molecule has 1 rings (SSSR count). The second-order valence-corrected chi connectivity index (χ2v) is 6.47. The summed E-state index contributed by atoms with van der Waals surface area (Å²) in [5.74, 6) is -0.282. The Balaban J connectivity index is 3.33. The van der Waals surface area contributed by atoms with E-state index in [0.29, 0.717) is 27.4 Å². The lowest BCUT2D eigenvalue weighted by Gasteiger charge is -2.50. The number of esters is 1. The van der Waals surface area contributed by atoms with E-state index < -0.39 is 11.2 Å². The quantitative estimate of drug-likeness (QED) is 0.513. The van der Waals surface area contributed by atoms with Crippen LogP contribution in [0, 0.1) is 5.41 Å². The minimum Gasteiger partial charge on any atom is -0.467 e. The zero-order chi connectivity index (χ0) is 13.3. The topological polar surface area (TPSA) is 44.8 Å². The van der Waals surface area contributed by atoms with E-state index in [4.69, 9.17) is 13.6 Å². The van der Waals surface area contributed by atoms with Crippen molar-refractivity contribution in [1.82, 2.24) is 0 Å². The van der Waals surface area contributed by atoms with Gasteiger partial charge in [0.1, 0.15) is 21.0 Å². The van der Waals surface area contributed by atoms with Crippen molar-refractivity contribution in [2.75, 3.05) is 7.11 Å². The molecule has 4 nitrogen and oxygen atoms in total. The highest BCUT2D eigenvalue weighted by Gasteiger charge is 2.65. The van der Waals surface area contributed by atoms with Crippen molar-refractivity contribution in [3.63, 3.8) is 0 Å². The number of carbonyl (C=O) groups is 1. The largest absolute Gasteiger partial charge is 0.467 e. The Labute approximate surface area is 109 Å². The van der Waals surface area contributed by atoms with Gasteiger partial charge in [0.25, 0.3) is 0 Å². The fraction of sp³-hybridized carbons (Fsp3) is 0.909. The molecule has 0 aromatic rings. The molecular formula is C11H24O4Si2. The van der Waals surface area contributed by atoms with E-state index in [1.54, 1.807) is 0 Å². The van der Waals surface area contributed by atoms with E-state index in [9.17, 15) is 4.79 Å². The molecule has 100 valence electrons. The third kappa shape index (κ3) is 1.91. The van der Waals surface area contributed by atoms with Crippen LogP contribution in [0.1, 0.15) is 40.0 Å². The summed E-state index contributed by atoms with van der Waals surface area (Å²) >= 11 is 0. The predicted molar refractivity (Wildman–Crippen MR) is 72.8 cm³/mol. The molecule has 0 aromatic carbocycles. The molecule has 6 heteroatoms. The lowest BCUT2D eigenvalue weighted by Crippen LogP contribution is -2.64. The standard InChI is InChI=1S/C11H24O4Si2/c1-9(2,3)11(15-17)7-5-6-10(11,14-16)8(12)13-4/h5-7H2,1-4,16-17H3. The number of methoxy groups -OCH3 is 1. The van der Waals surface area contributed by atoms with Crippen LogP contribution in [0.2, 0.25) is 0 Å². The first-order valence-electron chi connectivity index (χ1n) is 6.00. The molecule has 0 bridgehead atoms. The molecule has 0 spiro atoms. The molecule has 0 radical (unpaired) electrons. The van der Waals surface area contributed by atoms with Crippen LogP contribution in [0.15, 0.2) is 0 Å². The monoisotopic (exact) mass is 276 g/mol. The molecule has 0 saturated heterocycles. The number of hydrogen-bond donors (Lipinski definition) is 0. The Morgan fingerprint density at radius 3 is 2.12 bits per heavy atom. The molecular weight excluding hydrogens is 252 g/mol. The number of hydrogen-bond acceptors (Lipinski definition) is 4. The summed E-state index contributed by atoms with van der Waals surface area (Å²) in [5, 5.41) is 0. The Morgan fingerprint density at radius 2 is 1.76 bits per heavy atom. The molecule has 2 atom stereocenters. The summed E-state index contributed by atoms with van der Waals surface area (Å²) in [6.45, 7) is 6.32. The van der Waals surface area contributed by atoms with Gasteiger partial charge in [0, 0.05) is 0 Å². The minimum atomic E-state index is -0.895. The summed E-state index contributed by atoms with van der Waals surface area (Å²) < 4.78 is 16.6. The molecule has 17 heavy (non-hydrogen) atoms. The maximum Gasteiger partial charge on any atom is 0.340 e. The van der Waals surface area contributed by atoms with Crippen LogP contribution in [-0.2, 0) is 18.4 Å². The number of rotatable bonds is 3. The van der Waals surface area contributed by atoms with Crippen molar-refractivity contribution in [2.45, 2.75) is 51.2 Å².